The third-order valence-corrected chi connectivity index (χ3v) is 5.53. The molecule has 2 atom stereocenters. The lowest BCUT2D eigenvalue weighted by atomic mass is 9.92. The first-order chi connectivity index (χ1) is 13.9. The minimum absolute atomic E-state index is 0.0994. The van der Waals surface area contributed by atoms with E-state index in [1.54, 1.807) is 20.1 Å². The van der Waals surface area contributed by atoms with E-state index in [2.05, 4.69) is 24.1 Å². The fourth-order valence-electron chi connectivity index (χ4n) is 4.40. The van der Waals surface area contributed by atoms with E-state index in [1.807, 2.05) is 12.1 Å². The second-order valence-corrected chi connectivity index (χ2v) is 8.16. The molecule has 0 bridgehead atoms. The van der Waals surface area contributed by atoms with Crippen LogP contribution in [-0.2, 0) is 9.53 Å². The number of rotatable bonds is 7. The predicted octanol–water partition coefficient (Wildman–Crippen LogP) is 2.24. The molecule has 7 heteroatoms. The molecule has 2 aromatic rings. The fourth-order valence-corrected chi connectivity index (χ4v) is 4.40. The number of esters is 1. The van der Waals surface area contributed by atoms with Gasteiger partial charge >= 0.3 is 5.97 Å². The summed E-state index contributed by atoms with van der Waals surface area (Å²) in [6, 6.07) is 5.44. The van der Waals surface area contributed by atoms with E-state index in [-0.39, 0.29) is 18.2 Å². The third-order valence-electron chi connectivity index (χ3n) is 5.53. The average Bonchev–Trinajstić information content (AvgIpc) is 3.03. The molecule has 1 aromatic carbocycles. The van der Waals surface area contributed by atoms with Crippen LogP contribution in [0.5, 0.6) is 5.75 Å². The Bertz CT molecular complexity index is 866. The van der Waals surface area contributed by atoms with Crippen molar-refractivity contribution in [3.05, 3.63) is 23.9 Å². The molecule has 1 aliphatic heterocycles. The number of hydrogen-bond acceptors (Lipinski definition) is 4. The number of quaternary nitrogens is 1. The van der Waals surface area contributed by atoms with Crippen LogP contribution in [0.15, 0.2) is 18.2 Å². The predicted molar refractivity (Wildman–Crippen MR) is 113 cm³/mol. The number of piperidine rings is 1. The highest BCUT2D eigenvalue weighted by Crippen LogP contribution is 2.31. The Morgan fingerprint density at radius 1 is 1.24 bits per heavy atom. The summed E-state index contributed by atoms with van der Waals surface area (Å²) >= 11 is 0. The molecule has 3 N–H and O–H groups in total. The SMILES string of the molecule is CCOC(=O)c1[nH]c2ccc(OC)cc2c1NC(=O)CC[NH+]1C[C@@H](C)C[C@H](C)C1. The molecule has 1 aliphatic rings. The van der Waals surface area contributed by atoms with Gasteiger partial charge in [0, 0.05) is 22.7 Å². The van der Waals surface area contributed by atoms with Crippen molar-refractivity contribution < 1.29 is 24.0 Å². The van der Waals surface area contributed by atoms with E-state index in [0.29, 0.717) is 29.7 Å². The van der Waals surface area contributed by atoms with Gasteiger partial charge in [0.25, 0.3) is 0 Å². The highest BCUT2D eigenvalue weighted by atomic mass is 16.5. The molecular weight excluding hydrogens is 370 g/mol. The van der Waals surface area contributed by atoms with Crippen molar-refractivity contribution in [3.63, 3.8) is 0 Å². The van der Waals surface area contributed by atoms with Crippen LogP contribution in [0.25, 0.3) is 10.9 Å². The normalized spacial score (nSPS) is 21.7. The van der Waals surface area contributed by atoms with Crippen molar-refractivity contribution >= 4 is 28.5 Å². The van der Waals surface area contributed by atoms with Crippen LogP contribution in [0.4, 0.5) is 5.69 Å². The number of ether oxygens (including phenoxy) is 2. The standard InChI is InChI=1S/C22H31N3O4/c1-5-29-22(27)21-20(17-11-16(28-4)6-7-18(17)23-21)24-19(26)8-9-25-12-14(2)10-15(3)13-25/h6-7,11,14-15,23H,5,8-10,12-13H2,1-4H3,(H,24,26)/p+1/t14-,15-/m0/s1. The summed E-state index contributed by atoms with van der Waals surface area (Å²) in [6.07, 6.45) is 1.67. The molecule has 0 radical (unpaired) electrons. The van der Waals surface area contributed by atoms with Crippen LogP contribution in [0.3, 0.4) is 0 Å². The molecule has 1 amide bonds. The summed E-state index contributed by atoms with van der Waals surface area (Å²) in [4.78, 5) is 29.7. The summed E-state index contributed by atoms with van der Waals surface area (Å²) in [5, 5.41) is 3.68. The summed E-state index contributed by atoms with van der Waals surface area (Å²) < 4.78 is 10.5. The van der Waals surface area contributed by atoms with Gasteiger partial charge in [-0.2, -0.15) is 0 Å². The highest BCUT2D eigenvalue weighted by Gasteiger charge is 2.26. The van der Waals surface area contributed by atoms with Crippen LogP contribution >= 0.6 is 0 Å². The van der Waals surface area contributed by atoms with Gasteiger partial charge in [-0.3, -0.25) is 4.79 Å². The van der Waals surface area contributed by atoms with Gasteiger partial charge in [0.2, 0.25) is 5.91 Å². The van der Waals surface area contributed by atoms with Crippen LogP contribution in [-0.4, -0.2) is 50.2 Å². The van der Waals surface area contributed by atoms with Gasteiger partial charge in [0.1, 0.15) is 11.4 Å². The van der Waals surface area contributed by atoms with E-state index in [4.69, 9.17) is 9.47 Å². The minimum Gasteiger partial charge on any atom is -0.497 e. The number of carbonyl (C=O) groups excluding carboxylic acids is 2. The van der Waals surface area contributed by atoms with Crippen LogP contribution in [0.1, 0.15) is 44.1 Å². The fraction of sp³-hybridized carbons (Fsp3) is 0.545. The first kappa shape index (κ1) is 21.2. The molecule has 1 fully saturated rings. The summed E-state index contributed by atoms with van der Waals surface area (Å²) in [5.41, 5.74) is 1.46. The van der Waals surface area contributed by atoms with Gasteiger partial charge in [-0.1, -0.05) is 13.8 Å². The molecule has 1 saturated heterocycles. The van der Waals surface area contributed by atoms with E-state index in [0.717, 1.165) is 30.5 Å². The number of anilines is 1. The number of nitrogens with one attached hydrogen (secondary N) is 3. The monoisotopic (exact) mass is 402 g/mol. The Kier molecular flexibility index (Phi) is 6.79. The lowest BCUT2D eigenvalue weighted by molar-refractivity contribution is -0.911. The second kappa shape index (κ2) is 9.31. The van der Waals surface area contributed by atoms with Crippen molar-refractivity contribution in [2.45, 2.75) is 33.6 Å². The number of aromatic nitrogens is 1. The van der Waals surface area contributed by atoms with Crippen LogP contribution < -0.4 is 15.0 Å². The quantitative estimate of drug-likeness (QED) is 0.620. The molecule has 0 aliphatic carbocycles. The van der Waals surface area contributed by atoms with E-state index in [1.165, 1.54) is 11.3 Å². The maximum absolute atomic E-state index is 12.7. The molecule has 0 spiro atoms. The highest BCUT2D eigenvalue weighted by molar-refractivity contribution is 6.11. The number of methoxy groups -OCH3 is 1. The summed E-state index contributed by atoms with van der Waals surface area (Å²) in [5.74, 6) is 1.45. The van der Waals surface area contributed by atoms with Gasteiger partial charge < -0.3 is 24.7 Å². The van der Waals surface area contributed by atoms with Crippen molar-refractivity contribution in [1.29, 1.82) is 0 Å². The van der Waals surface area contributed by atoms with Crippen molar-refractivity contribution in [1.82, 2.24) is 4.98 Å². The van der Waals surface area contributed by atoms with Gasteiger partial charge in [0.15, 0.2) is 0 Å². The van der Waals surface area contributed by atoms with Crippen LogP contribution in [0.2, 0.25) is 0 Å². The largest absolute Gasteiger partial charge is 0.497 e. The maximum atomic E-state index is 12.7. The number of H-pyrrole nitrogens is 1. The van der Waals surface area contributed by atoms with Crippen molar-refractivity contribution in [3.8, 4) is 5.75 Å². The Hall–Kier alpha value is -2.54. The zero-order valence-corrected chi connectivity index (χ0v) is 17.8. The maximum Gasteiger partial charge on any atom is 0.356 e. The van der Waals surface area contributed by atoms with Gasteiger partial charge in [-0.05, 0) is 31.5 Å². The molecule has 7 nitrogen and oxygen atoms in total. The van der Waals surface area contributed by atoms with Gasteiger partial charge in [0.05, 0.1) is 45.5 Å². The second-order valence-electron chi connectivity index (χ2n) is 8.16. The van der Waals surface area contributed by atoms with Crippen LogP contribution in [0, 0.1) is 11.8 Å². The molecule has 29 heavy (non-hydrogen) atoms. The van der Waals surface area contributed by atoms with Crippen molar-refractivity contribution in [2.75, 3.05) is 38.7 Å². The van der Waals surface area contributed by atoms with E-state index in [9.17, 15) is 9.59 Å². The smallest absolute Gasteiger partial charge is 0.356 e. The van der Waals surface area contributed by atoms with Crippen molar-refractivity contribution in [2.24, 2.45) is 11.8 Å². The Morgan fingerprint density at radius 2 is 1.97 bits per heavy atom. The lowest BCUT2D eigenvalue weighted by Crippen LogP contribution is -3.14. The molecule has 2 heterocycles. The number of amides is 1. The molecule has 0 saturated carbocycles. The number of aromatic amines is 1. The Morgan fingerprint density at radius 3 is 2.62 bits per heavy atom. The summed E-state index contributed by atoms with van der Waals surface area (Å²) in [7, 11) is 1.59. The van der Waals surface area contributed by atoms with Gasteiger partial charge in [-0.25, -0.2) is 4.79 Å². The molecule has 0 unspecified atom stereocenters. The molecule has 1 aromatic heterocycles. The first-order valence-corrected chi connectivity index (χ1v) is 10.4. The molecule has 158 valence electrons. The molecule has 3 rings (SSSR count). The Labute approximate surface area is 171 Å². The first-order valence-electron chi connectivity index (χ1n) is 10.4. The number of hydrogen-bond donors (Lipinski definition) is 3. The zero-order chi connectivity index (χ0) is 21.0. The number of benzene rings is 1. The molecular formula is C22H32N3O4+. The number of carbonyl (C=O) groups is 2. The lowest BCUT2D eigenvalue weighted by Gasteiger charge is -2.31. The van der Waals surface area contributed by atoms with E-state index < -0.39 is 5.97 Å². The number of fused-ring (bicyclic) bond motifs is 1. The Balaban J connectivity index is 1.77. The zero-order valence-electron chi connectivity index (χ0n) is 17.8. The number of likely N-dealkylation sites (tertiary alicyclic amines) is 1. The summed E-state index contributed by atoms with van der Waals surface area (Å²) in [6.45, 7) is 9.58. The van der Waals surface area contributed by atoms with Gasteiger partial charge in [-0.15, -0.1) is 0 Å². The van der Waals surface area contributed by atoms with E-state index >= 15 is 0 Å². The third kappa shape index (κ3) is 5.09. The average molecular weight is 403 g/mol. The minimum atomic E-state index is -0.484. The topological polar surface area (TPSA) is 84.9 Å².